The number of hydrogen-bond acceptors (Lipinski definition) is 3. The van der Waals surface area contributed by atoms with Gasteiger partial charge in [0.25, 0.3) is 5.91 Å². The highest BCUT2D eigenvalue weighted by Gasteiger charge is 2.30. The van der Waals surface area contributed by atoms with Crippen LogP contribution < -0.4 is 11.1 Å². The molecule has 1 aliphatic carbocycles. The number of rotatable bonds is 3. The highest BCUT2D eigenvalue weighted by atomic mass is 35.5. The van der Waals surface area contributed by atoms with E-state index in [9.17, 15) is 9.59 Å². The van der Waals surface area contributed by atoms with Gasteiger partial charge in [-0.05, 0) is 31.0 Å². The molecule has 0 spiro atoms. The minimum absolute atomic E-state index is 0. The Kier molecular flexibility index (Phi) is 6.18. The standard InChI is InChI=1S/C15H21N3O2.ClH/c1-18(2)15(20)10-5-3-6-11(9-10)17-14(19)12-7-4-8-13(12)16;/h3,5-6,9,12-13H,4,7-8,16H2,1-2H3,(H,17,19);1H. The molecule has 3 N–H and O–H groups in total. The molecule has 0 aliphatic heterocycles. The molecule has 1 aromatic rings. The van der Waals surface area contributed by atoms with Crippen molar-refractivity contribution in [3.8, 4) is 0 Å². The van der Waals surface area contributed by atoms with Crippen LogP contribution in [0.3, 0.4) is 0 Å². The number of hydrogen-bond donors (Lipinski definition) is 2. The third-order valence-electron chi connectivity index (χ3n) is 3.69. The van der Waals surface area contributed by atoms with Crippen LogP contribution in [-0.4, -0.2) is 36.9 Å². The Morgan fingerprint density at radius 2 is 2.00 bits per heavy atom. The van der Waals surface area contributed by atoms with E-state index in [4.69, 9.17) is 5.73 Å². The molecule has 5 nitrogen and oxygen atoms in total. The van der Waals surface area contributed by atoms with E-state index in [0.717, 1.165) is 19.3 Å². The Balaban J connectivity index is 0.00000220. The summed E-state index contributed by atoms with van der Waals surface area (Å²) < 4.78 is 0. The average Bonchev–Trinajstić information content (AvgIpc) is 2.84. The van der Waals surface area contributed by atoms with E-state index < -0.39 is 0 Å². The lowest BCUT2D eigenvalue weighted by molar-refractivity contribution is -0.120. The zero-order chi connectivity index (χ0) is 14.7. The van der Waals surface area contributed by atoms with E-state index in [-0.39, 0.29) is 36.2 Å². The molecule has 1 aromatic carbocycles. The van der Waals surface area contributed by atoms with Gasteiger partial charge in [-0.3, -0.25) is 9.59 Å². The number of carbonyl (C=O) groups is 2. The van der Waals surface area contributed by atoms with Crippen LogP contribution in [0.5, 0.6) is 0 Å². The lowest BCUT2D eigenvalue weighted by atomic mass is 10.0. The van der Waals surface area contributed by atoms with Crippen LogP contribution in [0.2, 0.25) is 0 Å². The highest BCUT2D eigenvalue weighted by molar-refractivity contribution is 5.97. The first-order valence-corrected chi connectivity index (χ1v) is 6.87. The molecular weight excluding hydrogens is 290 g/mol. The molecule has 0 bridgehead atoms. The number of nitrogens with one attached hydrogen (secondary N) is 1. The minimum Gasteiger partial charge on any atom is -0.345 e. The fourth-order valence-corrected chi connectivity index (χ4v) is 2.54. The van der Waals surface area contributed by atoms with Gasteiger partial charge in [0.05, 0.1) is 5.92 Å². The van der Waals surface area contributed by atoms with Crippen molar-refractivity contribution in [2.45, 2.75) is 25.3 Å². The minimum atomic E-state index is -0.122. The molecule has 1 saturated carbocycles. The van der Waals surface area contributed by atoms with Crippen LogP contribution in [0.15, 0.2) is 24.3 Å². The van der Waals surface area contributed by atoms with Crippen molar-refractivity contribution >= 4 is 29.9 Å². The smallest absolute Gasteiger partial charge is 0.253 e. The summed E-state index contributed by atoms with van der Waals surface area (Å²) in [5, 5.41) is 2.86. The summed E-state index contributed by atoms with van der Waals surface area (Å²) in [4.78, 5) is 25.5. The normalized spacial score (nSPS) is 20.5. The summed E-state index contributed by atoms with van der Waals surface area (Å²) in [6.45, 7) is 0. The number of anilines is 1. The SMILES string of the molecule is CN(C)C(=O)c1cccc(NC(=O)C2CCCC2N)c1.Cl. The summed E-state index contributed by atoms with van der Waals surface area (Å²) in [5.74, 6) is -0.258. The molecule has 1 fully saturated rings. The summed E-state index contributed by atoms with van der Waals surface area (Å²) in [6.07, 6.45) is 2.74. The molecule has 2 rings (SSSR count). The second-order valence-electron chi connectivity index (χ2n) is 5.47. The van der Waals surface area contributed by atoms with E-state index in [2.05, 4.69) is 5.32 Å². The quantitative estimate of drug-likeness (QED) is 0.895. The molecule has 0 saturated heterocycles. The van der Waals surface area contributed by atoms with Crippen LogP contribution in [0.4, 0.5) is 5.69 Å². The number of amides is 2. The zero-order valence-electron chi connectivity index (χ0n) is 12.3. The van der Waals surface area contributed by atoms with E-state index >= 15 is 0 Å². The largest absolute Gasteiger partial charge is 0.345 e. The highest BCUT2D eigenvalue weighted by Crippen LogP contribution is 2.25. The third kappa shape index (κ3) is 4.19. The Morgan fingerprint density at radius 3 is 2.57 bits per heavy atom. The molecule has 0 aromatic heterocycles. The molecule has 6 heteroatoms. The number of carbonyl (C=O) groups excluding carboxylic acids is 2. The first-order valence-electron chi connectivity index (χ1n) is 6.87. The van der Waals surface area contributed by atoms with Gasteiger partial charge in [0, 0.05) is 31.4 Å². The molecule has 0 heterocycles. The first kappa shape index (κ1) is 17.5. The van der Waals surface area contributed by atoms with Crippen molar-refractivity contribution in [1.29, 1.82) is 0 Å². The molecule has 2 atom stereocenters. The second-order valence-corrected chi connectivity index (χ2v) is 5.47. The zero-order valence-corrected chi connectivity index (χ0v) is 13.2. The van der Waals surface area contributed by atoms with Crippen molar-refractivity contribution in [1.82, 2.24) is 4.90 Å². The van der Waals surface area contributed by atoms with Gasteiger partial charge >= 0.3 is 0 Å². The van der Waals surface area contributed by atoms with Crippen LogP contribution in [-0.2, 0) is 4.79 Å². The molecule has 2 unspecified atom stereocenters. The molecule has 21 heavy (non-hydrogen) atoms. The van der Waals surface area contributed by atoms with Gasteiger partial charge in [0.2, 0.25) is 5.91 Å². The molecular formula is C15H22ClN3O2. The van der Waals surface area contributed by atoms with Gasteiger partial charge in [0.15, 0.2) is 0 Å². The monoisotopic (exact) mass is 311 g/mol. The van der Waals surface area contributed by atoms with Crippen LogP contribution in [0, 0.1) is 5.92 Å². The maximum Gasteiger partial charge on any atom is 0.253 e. The van der Waals surface area contributed by atoms with Gasteiger partial charge in [-0.1, -0.05) is 12.5 Å². The van der Waals surface area contributed by atoms with E-state index in [1.807, 2.05) is 0 Å². The van der Waals surface area contributed by atoms with E-state index in [1.165, 1.54) is 4.90 Å². The van der Waals surface area contributed by atoms with Crippen LogP contribution >= 0.6 is 12.4 Å². The lowest BCUT2D eigenvalue weighted by Crippen LogP contribution is -2.34. The number of nitrogens with two attached hydrogens (primary N) is 1. The molecule has 2 amide bonds. The summed E-state index contributed by atoms with van der Waals surface area (Å²) in [6, 6.07) is 6.92. The second kappa shape index (κ2) is 7.43. The van der Waals surface area contributed by atoms with Gasteiger partial charge in [0.1, 0.15) is 0 Å². The number of halogens is 1. The van der Waals surface area contributed by atoms with E-state index in [1.54, 1.807) is 38.4 Å². The van der Waals surface area contributed by atoms with Crippen molar-refractivity contribution in [2.75, 3.05) is 19.4 Å². The van der Waals surface area contributed by atoms with Crippen LogP contribution in [0.25, 0.3) is 0 Å². The molecule has 116 valence electrons. The van der Waals surface area contributed by atoms with Gasteiger partial charge in [-0.25, -0.2) is 0 Å². The molecule has 0 radical (unpaired) electrons. The third-order valence-corrected chi connectivity index (χ3v) is 3.69. The Bertz CT molecular complexity index is 519. The maximum atomic E-state index is 12.2. The Morgan fingerprint density at radius 1 is 1.29 bits per heavy atom. The molecule has 1 aliphatic rings. The summed E-state index contributed by atoms with van der Waals surface area (Å²) >= 11 is 0. The summed E-state index contributed by atoms with van der Waals surface area (Å²) in [7, 11) is 3.40. The van der Waals surface area contributed by atoms with E-state index in [0.29, 0.717) is 11.3 Å². The van der Waals surface area contributed by atoms with Gasteiger partial charge in [-0.2, -0.15) is 0 Å². The van der Waals surface area contributed by atoms with Crippen molar-refractivity contribution in [3.05, 3.63) is 29.8 Å². The number of nitrogens with zero attached hydrogens (tertiary/aromatic N) is 1. The fraction of sp³-hybridized carbons (Fsp3) is 0.467. The maximum absolute atomic E-state index is 12.2. The Labute approximate surface area is 131 Å². The van der Waals surface area contributed by atoms with Crippen LogP contribution in [0.1, 0.15) is 29.6 Å². The van der Waals surface area contributed by atoms with Gasteiger partial charge in [-0.15, -0.1) is 12.4 Å². The average molecular weight is 312 g/mol. The van der Waals surface area contributed by atoms with Crippen molar-refractivity contribution < 1.29 is 9.59 Å². The summed E-state index contributed by atoms with van der Waals surface area (Å²) in [5.41, 5.74) is 7.13. The predicted octanol–water partition coefficient (Wildman–Crippen LogP) is 1.88. The first-order chi connectivity index (χ1) is 9.49. The topological polar surface area (TPSA) is 75.4 Å². The Hall–Kier alpha value is -1.59. The van der Waals surface area contributed by atoms with Crippen molar-refractivity contribution in [2.24, 2.45) is 11.7 Å². The van der Waals surface area contributed by atoms with Gasteiger partial charge < -0.3 is 16.0 Å². The predicted molar refractivity (Wildman–Crippen MR) is 85.7 cm³/mol. The van der Waals surface area contributed by atoms with Crippen molar-refractivity contribution in [3.63, 3.8) is 0 Å². The lowest BCUT2D eigenvalue weighted by Gasteiger charge is -2.16. The fourth-order valence-electron chi connectivity index (χ4n) is 2.54. The number of benzene rings is 1.